The number of benzene rings is 4. The Balaban J connectivity index is 0.00000114. The molecule has 0 radical (unpaired) electrons. The number of anilines is 1. The fraction of sp³-hybridized carbons (Fsp3) is 0.364. The summed E-state index contributed by atoms with van der Waals surface area (Å²) in [4.78, 5) is 48.3. The van der Waals surface area contributed by atoms with Crippen LogP contribution in [0.1, 0.15) is 116 Å². The second kappa shape index (κ2) is 23.8. The lowest BCUT2D eigenvalue weighted by atomic mass is 10.0. The van der Waals surface area contributed by atoms with Crippen LogP contribution in [0.4, 0.5) is 5.69 Å². The van der Waals surface area contributed by atoms with Crippen LogP contribution in [0.15, 0.2) is 118 Å². The van der Waals surface area contributed by atoms with Crippen LogP contribution in [0.25, 0.3) is 0 Å². The van der Waals surface area contributed by atoms with Crippen LogP contribution >= 0.6 is 11.8 Å². The Labute approximate surface area is 314 Å². The van der Waals surface area contributed by atoms with E-state index in [9.17, 15) is 14.4 Å². The molecule has 1 aliphatic rings. The summed E-state index contributed by atoms with van der Waals surface area (Å²) in [5, 5.41) is 4.01. The summed E-state index contributed by atoms with van der Waals surface area (Å²) in [5.41, 5.74) is 3.47. The fourth-order valence-corrected chi connectivity index (χ4v) is 5.92. The first kappa shape index (κ1) is 41.9. The van der Waals surface area contributed by atoms with Gasteiger partial charge in [0.05, 0.1) is 18.8 Å². The van der Waals surface area contributed by atoms with Gasteiger partial charge in [0.15, 0.2) is 5.78 Å². The van der Waals surface area contributed by atoms with E-state index in [1.807, 2.05) is 80.6 Å². The van der Waals surface area contributed by atoms with Crippen molar-refractivity contribution in [3.63, 3.8) is 0 Å². The second-order valence-corrected chi connectivity index (χ2v) is 13.2. The molecule has 276 valence electrons. The van der Waals surface area contributed by atoms with Gasteiger partial charge in [-0.1, -0.05) is 102 Å². The lowest BCUT2D eigenvalue weighted by Gasteiger charge is -2.28. The van der Waals surface area contributed by atoms with E-state index in [4.69, 9.17) is 9.57 Å². The van der Waals surface area contributed by atoms with E-state index in [0.717, 1.165) is 67.5 Å². The molecule has 0 amide bonds. The third kappa shape index (κ3) is 13.5. The SMILES string of the molecule is CC.CCCC.CCCCCC/C(=N/OC(=O)c1ccccc1)C(=O)c1ccc(Sc2ccc(C(=O)c3ccc(N4CCOCC4)cc3)cc2)cc1. The van der Waals surface area contributed by atoms with Crippen molar-refractivity contribution in [2.45, 2.75) is 89.4 Å². The highest BCUT2D eigenvalue weighted by atomic mass is 32.2. The smallest absolute Gasteiger partial charge is 0.365 e. The quantitative estimate of drug-likeness (QED) is 0.0397. The highest BCUT2D eigenvalue weighted by molar-refractivity contribution is 7.99. The van der Waals surface area contributed by atoms with E-state index in [1.54, 1.807) is 48.2 Å². The molecule has 0 bridgehead atoms. The summed E-state index contributed by atoms with van der Waals surface area (Å²) in [5.74, 6) is -0.870. The van der Waals surface area contributed by atoms with Crippen molar-refractivity contribution in [2.75, 3.05) is 31.2 Å². The van der Waals surface area contributed by atoms with E-state index < -0.39 is 5.97 Å². The minimum Gasteiger partial charge on any atom is -0.378 e. The van der Waals surface area contributed by atoms with Crippen molar-refractivity contribution >= 4 is 40.7 Å². The van der Waals surface area contributed by atoms with Crippen molar-refractivity contribution in [1.82, 2.24) is 0 Å². The number of morpholine rings is 1. The molecule has 0 saturated carbocycles. The normalized spacial score (nSPS) is 12.5. The molecule has 0 aromatic heterocycles. The monoisotopic (exact) mass is 722 g/mol. The Morgan fingerprint density at radius 2 is 1.19 bits per heavy atom. The van der Waals surface area contributed by atoms with Crippen LogP contribution in [-0.4, -0.2) is 49.6 Å². The highest BCUT2D eigenvalue weighted by Crippen LogP contribution is 2.29. The Kier molecular flexibility index (Phi) is 19.2. The molecule has 52 heavy (non-hydrogen) atoms. The van der Waals surface area contributed by atoms with Gasteiger partial charge in [-0.3, -0.25) is 9.59 Å². The maximum absolute atomic E-state index is 13.4. The molecule has 0 atom stereocenters. The number of ketones is 2. The van der Waals surface area contributed by atoms with Gasteiger partial charge in [-0.15, -0.1) is 0 Å². The van der Waals surface area contributed by atoms with Crippen LogP contribution in [0.5, 0.6) is 0 Å². The Bertz CT molecular complexity index is 1660. The molecule has 4 aromatic rings. The first-order chi connectivity index (χ1) is 25.4. The van der Waals surface area contributed by atoms with Gasteiger partial charge < -0.3 is 14.5 Å². The van der Waals surface area contributed by atoms with E-state index in [1.165, 1.54) is 12.8 Å². The van der Waals surface area contributed by atoms with Crippen molar-refractivity contribution in [3.05, 3.63) is 125 Å². The highest BCUT2D eigenvalue weighted by Gasteiger charge is 2.17. The van der Waals surface area contributed by atoms with Crippen molar-refractivity contribution in [2.24, 2.45) is 5.16 Å². The van der Waals surface area contributed by atoms with Gasteiger partial charge in [0.25, 0.3) is 0 Å². The van der Waals surface area contributed by atoms with Crippen LogP contribution in [0, 0.1) is 0 Å². The Hall–Kier alpha value is -4.53. The molecule has 1 heterocycles. The number of ether oxygens (including phenoxy) is 1. The zero-order chi connectivity index (χ0) is 37.6. The third-order valence-electron chi connectivity index (χ3n) is 8.25. The van der Waals surface area contributed by atoms with Crippen molar-refractivity contribution in [1.29, 1.82) is 0 Å². The predicted molar refractivity (Wildman–Crippen MR) is 214 cm³/mol. The summed E-state index contributed by atoms with van der Waals surface area (Å²) in [6.07, 6.45) is 6.96. The molecule has 0 aliphatic carbocycles. The molecule has 8 heteroatoms. The summed E-state index contributed by atoms with van der Waals surface area (Å²) >= 11 is 1.54. The molecule has 0 N–H and O–H groups in total. The van der Waals surface area contributed by atoms with Gasteiger partial charge in [0.1, 0.15) is 5.71 Å². The minimum absolute atomic E-state index is 0.0189. The average Bonchev–Trinajstić information content (AvgIpc) is 3.22. The fourth-order valence-electron chi connectivity index (χ4n) is 5.11. The van der Waals surface area contributed by atoms with Crippen LogP contribution in [-0.2, 0) is 9.57 Å². The number of carbonyl (C=O) groups excluding carboxylic acids is 3. The number of oxime groups is 1. The summed E-state index contributed by atoms with van der Waals surface area (Å²) in [6.45, 7) is 13.6. The average molecular weight is 723 g/mol. The minimum atomic E-state index is -0.597. The topological polar surface area (TPSA) is 85.3 Å². The third-order valence-corrected chi connectivity index (χ3v) is 9.27. The van der Waals surface area contributed by atoms with Gasteiger partial charge in [0.2, 0.25) is 5.78 Å². The van der Waals surface area contributed by atoms with E-state index in [2.05, 4.69) is 30.8 Å². The molecule has 5 rings (SSSR count). The first-order valence-electron chi connectivity index (χ1n) is 18.7. The molecule has 1 aliphatic heterocycles. The van der Waals surface area contributed by atoms with Gasteiger partial charge in [-0.2, -0.15) is 0 Å². The van der Waals surface area contributed by atoms with Gasteiger partial charge in [0, 0.05) is 45.3 Å². The molecule has 0 unspecified atom stereocenters. The lowest BCUT2D eigenvalue weighted by Crippen LogP contribution is -2.36. The van der Waals surface area contributed by atoms with Crippen LogP contribution in [0.3, 0.4) is 0 Å². The number of rotatable bonds is 15. The molecule has 1 saturated heterocycles. The van der Waals surface area contributed by atoms with Crippen LogP contribution < -0.4 is 4.90 Å². The standard InChI is InChI=1S/C38H38N2O5S.C4H10.C2H6/c1-2-3-4-8-11-35(39-45-38(43)31-9-6-5-7-10-31)37(42)30-16-22-34(23-17-30)46-33-20-14-29(15-21-33)36(41)28-12-18-32(19-13-28)40-24-26-44-27-25-40;1-3-4-2;1-2/h5-7,9-10,12-23H,2-4,8,11,24-27H2,1H3;3-4H2,1-2H3;1-2H3/b39-35-;;. The first-order valence-corrected chi connectivity index (χ1v) is 19.5. The number of hydrogen-bond donors (Lipinski definition) is 0. The summed E-state index contributed by atoms with van der Waals surface area (Å²) < 4.78 is 5.43. The maximum atomic E-state index is 13.4. The number of unbranched alkanes of at least 4 members (excludes halogenated alkanes) is 4. The van der Waals surface area contributed by atoms with Crippen molar-refractivity contribution in [3.8, 4) is 0 Å². The molecule has 4 aromatic carbocycles. The predicted octanol–water partition coefficient (Wildman–Crippen LogP) is 11.1. The summed E-state index contributed by atoms with van der Waals surface area (Å²) in [7, 11) is 0. The molecular weight excluding hydrogens is 669 g/mol. The van der Waals surface area contributed by atoms with E-state index >= 15 is 0 Å². The molecular formula is C44H54N2O5S. The molecule has 0 spiro atoms. The maximum Gasteiger partial charge on any atom is 0.365 e. The van der Waals surface area contributed by atoms with Crippen LogP contribution in [0.2, 0.25) is 0 Å². The lowest BCUT2D eigenvalue weighted by molar-refractivity contribution is 0.0514. The number of nitrogens with zero attached hydrogens (tertiary/aromatic N) is 2. The van der Waals surface area contributed by atoms with E-state index in [-0.39, 0.29) is 17.3 Å². The van der Waals surface area contributed by atoms with Gasteiger partial charge in [-0.05, 0) is 97.8 Å². The molecule has 7 nitrogen and oxygen atoms in total. The number of carbonyl (C=O) groups is 3. The zero-order valence-corrected chi connectivity index (χ0v) is 32.3. The number of hydrogen-bond acceptors (Lipinski definition) is 8. The summed E-state index contributed by atoms with van der Waals surface area (Å²) in [6, 6.07) is 31.2. The van der Waals surface area contributed by atoms with Gasteiger partial charge in [-0.25, -0.2) is 4.79 Å². The largest absolute Gasteiger partial charge is 0.378 e. The Morgan fingerprint density at radius 3 is 1.73 bits per heavy atom. The number of Topliss-reactive ketones (excluding diaryl/α,β-unsaturated/α-hetero) is 1. The Morgan fingerprint density at radius 1 is 0.654 bits per heavy atom. The van der Waals surface area contributed by atoms with Gasteiger partial charge >= 0.3 is 5.97 Å². The van der Waals surface area contributed by atoms with Crippen molar-refractivity contribution < 1.29 is 24.0 Å². The molecule has 1 fully saturated rings. The van der Waals surface area contributed by atoms with E-state index in [0.29, 0.717) is 28.7 Å². The zero-order valence-electron chi connectivity index (χ0n) is 31.4. The second-order valence-electron chi connectivity index (χ2n) is 12.0.